The molecule has 5 nitrogen and oxygen atoms in total. The van der Waals surface area contributed by atoms with Crippen LogP contribution in [0.1, 0.15) is 37.8 Å². The summed E-state index contributed by atoms with van der Waals surface area (Å²) in [6, 6.07) is 3.37. The van der Waals surface area contributed by atoms with E-state index in [1.54, 1.807) is 13.8 Å². The van der Waals surface area contributed by atoms with Crippen LogP contribution in [0.25, 0.3) is 0 Å². The van der Waals surface area contributed by atoms with E-state index in [2.05, 4.69) is 10.1 Å². The first-order valence-electron chi connectivity index (χ1n) is 8.85. The molecule has 0 aliphatic carbocycles. The number of methoxy groups -OCH3 is 1. The lowest BCUT2D eigenvalue weighted by Gasteiger charge is -2.32. The van der Waals surface area contributed by atoms with Gasteiger partial charge in [0, 0.05) is 5.70 Å². The Balaban J connectivity index is 2.90. The fourth-order valence-electron chi connectivity index (χ4n) is 3.29. The highest BCUT2D eigenvalue weighted by Gasteiger charge is 2.45. The highest BCUT2D eigenvalue weighted by molar-refractivity contribution is 6.31. The van der Waals surface area contributed by atoms with Crippen LogP contribution in [-0.2, 0) is 25.2 Å². The Hall–Kier alpha value is -2.55. The number of benzene rings is 1. The van der Waals surface area contributed by atoms with Gasteiger partial charge in [-0.05, 0) is 32.4 Å². The molecule has 0 bridgehead atoms. The minimum absolute atomic E-state index is 0.0547. The summed E-state index contributed by atoms with van der Waals surface area (Å²) in [4.78, 5) is 25.3. The molecular formula is C20H20ClF4NO4. The van der Waals surface area contributed by atoms with Crippen molar-refractivity contribution in [3.63, 3.8) is 0 Å². The van der Waals surface area contributed by atoms with Crippen molar-refractivity contribution in [1.82, 2.24) is 5.32 Å². The normalized spacial score (nSPS) is 17.2. The second-order valence-electron chi connectivity index (χ2n) is 6.77. The van der Waals surface area contributed by atoms with Crippen LogP contribution in [0.5, 0.6) is 0 Å². The molecule has 2 rings (SSSR count). The number of carbonyl (C=O) groups is 2. The van der Waals surface area contributed by atoms with Crippen molar-refractivity contribution in [2.75, 3.05) is 13.8 Å². The SMILES string of the molecule is COC(=O)C1=C(CF)NC(C)=C(C(=O)OC(C)C)C1c1cccc(Cl)c1C(F)(F)F. The van der Waals surface area contributed by atoms with Crippen LogP contribution in [0, 0.1) is 0 Å². The van der Waals surface area contributed by atoms with E-state index in [0.29, 0.717) is 0 Å². The molecule has 1 aliphatic heterocycles. The fourth-order valence-corrected chi connectivity index (χ4v) is 3.58. The van der Waals surface area contributed by atoms with Crippen molar-refractivity contribution >= 4 is 23.5 Å². The average Bonchev–Trinajstić information content (AvgIpc) is 2.64. The summed E-state index contributed by atoms with van der Waals surface area (Å²) >= 11 is 5.84. The van der Waals surface area contributed by atoms with Crippen molar-refractivity contribution in [2.24, 2.45) is 0 Å². The maximum Gasteiger partial charge on any atom is 0.418 e. The number of hydrogen-bond donors (Lipinski definition) is 1. The molecule has 0 saturated carbocycles. The topological polar surface area (TPSA) is 64.6 Å². The van der Waals surface area contributed by atoms with Gasteiger partial charge in [0.1, 0.15) is 6.67 Å². The lowest BCUT2D eigenvalue weighted by Crippen LogP contribution is -2.35. The number of allylic oxidation sites excluding steroid dienone is 2. The Morgan fingerprint density at radius 2 is 1.83 bits per heavy atom. The zero-order valence-corrected chi connectivity index (χ0v) is 17.4. The van der Waals surface area contributed by atoms with Crippen LogP contribution in [-0.4, -0.2) is 31.8 Å². The van der Waals surface area contributed by atoms with E-state index in [1.165, 1.54) is 13.0 Å². The van der Waals surface area contributed by atoms with Gasteiger partial charge in [0.05, 0.1) is 46.6 Å². The van der Waals surface area contributed by atoms with Gasteiger partial charge in [-0.2, -0.15) is 13.2 Å². The molecule has 0 aromatic heterocycles. The Kier molecular flexibility index (Phi) is 7.18. The third-order valence-corrected chi connectivity index (χ3v) is 4.70. The zero-order chi connectivity index (χ0) is 22.8. The smallest absolute Gasteiger partial charge is 0.418 e. The van der Waals surface area contributed by atoms with Gasteiger partial charge in [0.2, 0.25) is 0 Å². The number of alkyl halides is 4. The van der Waals surface area contributed by atoms with Gasteiger partial charge in [0.25, 0.3) is 0 Å². The summed E-state index contributed by atoms with van der Waals surface area (Å²) in [6.07, 6.45) is -5.50. The van der Waals surface area contributed by atoms with Gasteiger partial charge in [-0.25, -0.2) is 14.0 Å². The molecule has 1 atom stereocenters. The summed E-state index contributed by atoms with van der Waals surface area (Å²) in [5.41, 5.74) is -2.71. The van der Waals surface area contributed by atoms with Crippen molar-refractivity contribution in [1.29, 1.82) is 0 Å². The Labute approximate surface area is 175 Å². The third kappa shape index (κ3) is 4.61. The number of carbonyl (C=O) groups excluding carboxylic acids is 2. The summed E-state index contributed by atoms with van der Waals surface area (Å²) in [7, 11) is 1.00. The van der Waals surface area contributed by atoms with Crippen molar-refractivity contribution in [3.05, 3.63) is 56.9 Å². The average molecular weight is 450 g/mol. The summed E-state index contributed by atoms with van der Waals surface area (Å²) in [5.74, 6) is -3.64. The van der Waals surface area contributed by atoms with Gasteiger partial charge < -0.3 is 14.8 Å². The second-order valence-corrected chi connectivity index (χ2v) is 7.18. The van der Waals surface area contributed by atoms with Crippen LogP contribution in [0.4, 0.5) is 17.6 Å². The van der Waals surface area contributed by atoms with Crippen molar-refractivity contribution < 1.29 is 36.6 Å². The molecule has 1 aromatic rings. The molecule has 0 saturated heterocycles. The Morgan fingerprint density at radius 3 is 2.33 bits per heavy atom. The first-order chi connectivity index (χ1) is 13.9. The minimum atomic E-state index is -4.91. The maximum absolute atomic E-state index is 13.9. The number of halogens is 5. The molecule has 0 radical (unpaired) electrons. The standard InChI is InChI=1S/C20H20ClF4NO4/c1-9(2)30-19(28)14-10(3)26-13(8-22)16(18(27)29-4)15(14)11-6-5-7-12(21)17(11)20(23,24)25/h5-7,9,15,26H,8H2,1-4H3. The van der Waals surface area contributed by atoms with Crippen LogP contribution >= 0.6 is 11.6 Å². The van der Waals surface area contributed by atoms with E-state index < -0.39 is 58.5 Å². The number of ether oxygens (including phenoxy) is 2. The van der Waals surface area contributed by atoms with Gasteiger partial charge in [0.15, 0.2) is 0 Å². The third-order valence-electron chi connectivity index (χ3n) is 4.39. The van der Waals surface area contributed by atoms with Crippen molar-refractivity contribution in [3.8, 4) is 0 Å². The molecule has 164 valence electrons. The van der Waals surface area contributed by atoms with Gasteiger partial charge in [-0.1, -0.05) is 23.7 Å². The number of dihydropyridines is 1. The van der Waals surface area contributed by atoms with Crippen LogP contribution in [0.15, 0.2) is 40.7 Å². The highest BCUT2D eigenvalue weighted by atomic mass is 35.5. The molecule has 1 aliphatic rings. The minimum Gasteiger partial charge on any atom is -0.466 e. The highest BCUT2D eigenvalue weighted by Crippen LogP contribution is 2.46. The largest absolute Gasteiger partial charge is 0.466 e. The van der Waals surface area contributed by atoms with Gasteiger partial charge >= 0.3 is 18.1 Å². The number of esters is 2. The van der Waals surface area contributed by atoms with E-state index in [0.717, 1.165) is 19.2 Å². The lowest BCUT2D eigenvalue weighted by molar-refractivity contribution is -0.144. The number of rotatable bonds is 5. The summed E-state index contributed by atoms with van der Waals surface area (Å²) in [5, 5.41) is 1.95. The predicted molar refractivity (Wildman–Crippen MR) is 101 cm³/mol. The molecule has 1 N–H and O–H groups in total. The predicted octanol–water partition coefficient (Wildman–Crippen LogP) is 4.67. The molecule has 0 amide bonds. The first-order valence-corrected chi connectivity index (χ1v) is 9.23. The Morgan fingerprint density at radius 1 is 1.20 bits per heavy atom. The molecule has 1 unspecified atom stereocenters. The van der Waals surface area contributed by atoms with Crippen molar-refractivity contribution in [2.45, 2.75) is 39.0 Å². The number of nitrogens with one attached hydrogen (secondary N) is 1. The van der Waals surface area contributed by atoms with Crippen LogP contribution < -0.4 is 5.32 Å². The fraction of sp³-hybridized carbons (Fsp3) is 0.400. The molecule has 1 heterocycles. The summed E-state index contributed by atoms with van der Waals surface area (Å²) < 4.78 is 65.1. The van der Waals surface area contributed by atoms with Gasteiger partial charge in [-0.15, -0.1) is 0 Å². The first kappa shape index (κ1) is 23.7. The lowest BCUT2D eigenvalue weighted by atomic mass is 9.78. The van der Waals surface area contributed by atoms with E-state index in [-0.39, 0.29) is 17.0 Å². The number of hydrogen-bond acceptors (Lipinski definition) is 5. The monoisotopic (exact) mass is 449 g/mol. The van der Waals surface area contributed by atoms with Gasteiger partial charge in [-0.3, -0.25) is 0 Å². The molecule has 0 fully saturated rings. The molecule has 10 heteroatoms. The van der Waals surface area contributed by atoms with E-state index in [9.17, 15) is 27.2 Å². The van der Waals surface area contributed by atoms with E-state index >= 15 is 0 Å². The molecular weight excluding hydrogens is 430 g/mol. The maximum atomic E-state index is 13.9. The Bertz CT molecular complexity index is 922. The van der Waals surface area contributed by atoms with E-state index in [1.807, 2.05) is 0 Å². The second kappa shape index (κ2) is 9.07. The molecule has 30 heavy (non-hydrogen) atoms. The van der Waals surface area contributed by atoms with E-state index in [4.69, 9.17) is 16.3 Å². The molecule has 0 spiro atoms. The van der Waals surface area contributed by atoms with Crippen LogP contribution in [0.3, 0.4) is 0 Å². The quantitative estimate of drug-likeness (QED) is 0.523. The molecule has 1 aromatic carbocycles. The summed E-state index contributed by atoms with van der Waals surface area (Å²) in [6.45, 7) is 3.30. The van der Waals surface area contributed by atoms with Crippen LogP contribution in [0.2, 0.25) is 5.02 Å². The zero-order valence-electron chi connectivity index (χ0n) is 16.6.